The van der Waals surface area contributed by atoms with Gasteiger partial charge in [-0.05, 0) is 68.2 Å². The maximum Gasteiger partial charge on any atom is 0.253 e. The zero-order valence-electron chi connectivity index (χ0n) is 22.6. The topological polar surface area (TPSA) is 77.5 Å². The molecule has 39 heavy (non-hydrogen) atoms. The zero-order valence-corrected chi connectivity index (χ0v) is 23.3. The summed E-state index contributed by atoms with van der Waals surface area (Å²) in [5.74, 6) is -0.0962. The van der Waals surface area contributed by atoms with Crippen molar-refractivity contribution in [1.29, 1.82) is 0 Å². The highest BCUT2D eigenvalue weighted by atomic mass is 35.5. The van der Waals surface area contributed by atoms with E-state index in [1.807, 2.05) is 62.4 Å². The number of aliphatic imine (C=N–C) groups is 1. The molecule has 2 aliphatic rings. The first-order valence-electron chi connectivity index (χ1n) is 12.9. The summed E-state index contributed by atoms with van der Waals surface area (Å²) in [6.45, 7) is 2.81. The van der Waals surface area contributed by atoms with E-state index < -0.39 is 5.92 Å². The normalized spacial score (nSPS) is 16.5. The number of anilines is 2. The van der Waals surface area contributed by atoms with Gasteiger partial charge in [-0.15, -0.1) is 0 Å². The Kier molecular flexibility index (Phi) is 7.59. The summed E-state index contributed by atoms with van der Waals surface area (Å²) in [5.41, 5.74) is 5.10. The smallest absolute Gasteiger partial charge is 0.253 e. The molecule has 0 fully saturated rings. The number of nitrogens with one attached hydrogen (secondary N) is 1. The number of likely N-dealkylation sites (N-methyl/N-ethyl adjacent to an activating group) is 3. The lowest BCUT2D eigenvalue weighted by Gasteiger charge is -2.28. The van der Waals surface area contributed by atoms with Crippen molar-refractivity contribution in [2.75, 3.05) is 64.6 Å². The van der Waals surface area contributed by atoms with Crippen molar-refractivity contribution in [2.24, 2.45) is 4.99 Å². The van der Waals surface area contributed by atoms with Crippen LogP contribution in [0.3, 0.4) is 0 Å². The third-order valence-corrected chi connectivity index (χ3v) is 7.30. The molecule has 2 amide bonds. The van der Waals surface area contributed by atoms with Crippen LogP contribution in [0, 0.1) is 0 Å². The molecule has 9 heteroatoms. The van der Waals surface area contributed by atoms with Crippen molar-refractivity contribution in [3.05, 3.63) is 82.4 Å². The van der Waals surface area contributed by atoms with Crippen LogP contribution in [0.4, 0.5) is 17.1 Å². The summed E-state index contributed by atoms with van der Waals surface area (Å²) in [6, 6.07) is 18.5. The van der Waals surface area contributed by atoms with Crippen molar-refractivity contribution in [3.63, 3.8) is 0 Å². The Morgan fingerprint density at radius 3 is 2.54 bits per heavy atom. The van der Waals surface area contributed by atoms with Crippen LogP contribution in [0.5, 0.6) is 5.75 Å². The molecule has 0 saturated carbocycles. The van der Waals surface area contributed by atoms with Gasteiger partial charge in [-0.25, -0.2) is 0 Å². The SMILES string of the molecule is CN(C)CCN(C)C(=O)c1ccc(N=C(c2ccc3c(c2)OCCN3C)C2C(=O)Nc3cc(Cl)ccc32)cc1. The monoisotopic (exact) mass is 545 g/mol. The number of nitrogens with zero attached hydrogens (tertiary/aromatic N) is 4. The second kappa shape index (κ2) is 11.1. The van der Waals surface area contributed by atoms with Crippen molar-refractivity contribution in [1.82, 2.24) is 9.80 Å². The predicted molar refractivity (Wildman–Crippen MR) is 156 cm³/mol. The minimum Gasteiger partial charge on any atom is -0.490 e. The van der Waals surface area contributed by atoms with Crippen molar-refractivity contribution in [3.8, 4) is 5.75 Å². The van der Waals surface area contributed by atoms with E-state index in [2.05, 4.69) is 10.2 Å². The van der Waals surface area contributed by atoms with Gasteiger partial charge in [0.1, 0.15) is 18.3 Å². The Morgan fingerprint density at radius 2 is 1.79 bits per heavy atom. The van der Waals surface area contributed by atoms with Gasteiger partial charge in [0.2, 0.25) is 5.91 Å². The molecular formula is C30H32ClN5O3. The number of benzene rings is 3. The molecule has 0 spiro atoms. The lowest BCUT2D eigenvalue weighted by molar-refractivity contribution is -0.115. The fourth-order valence-electron chi connectivity index (χ4n) is 4.81. The van der Waals surface area contributed by atoms with Gasteiger partial charge in [-0.2, -0.15) is 0 Å². The molecule has 0 saturated heterocycles. The van der Waals surface area contributed by atoms with E-state index >= 15 is 0 Å². The van der Waals surface area contributed by atoms with E-state index in [1.54, 1.807) is 36.2 Å². The Bertz CT molecular complexity index is 1440. The van der Waals surface area contributed by atoms with Gasteiger partial charge < -0.3 is 24.8 Å². The molecule has 1 N–H and O–H groups in total. The summed E-state index contributed by atoms with van der Waals surface area (Å²) in [6.07, 6.45) is 0. The van der Waals surface area contributed by atoms with Crippen LogP contribution < -0.4 is 15.0 Å². The molecule has 5 rings (SSSR count). The first-order valence-corrected chi connectivity index (χ1v) is 13.3. The maximum absolute atomic E-state index is 13.3. The Labute approximate surface area is 233 Å². The average molecular weight is 546 g/mol. The van der Waals surface area contributed by atoms with E-state index in [9.17, 15) is 9.59 Å². The van der Waals surface area contributed by atoms with Crippen LogP contribution in [0.2, 0.25) is 5.02 Å². The molecule has 0 aliphatic carbocycles. The summed E-state index contributed by atoms with van der Waals surface area (Å²) < 4.78 is 5.95. The highest BCUT2D eigenvalue weighted by molar-refractivity contribution is 6.31. The molecule has 0 bridgehead atoms. The zero-order chi connectivity index (χ0) is 27.7. The highest BCUT2D eigenvalue weighted by Crippen LogP contribution is 2.39. The number of carbonyl (C=O) groups excluding carboxylic acids is 2. The van der Waals surface area contributed by atoms with Crippen LogP contribution >= 0.6 is 11.6 Å². The third kappa shape index (κ3) is 5.62. The molecular weight excluding hydrogens is 514 g/mol. The molecule has 2 aliphatic heterocycles. The number of ether oxygens (including phenoxy) is 1. The van der Waals surface area contributed by atoms with Crippen molar-refractivity contribution >= 4 is 46.2 Å². The van der Waals surface area contributed by atoms with Crippen LogP contribution in [0.1, 0.15) is 27.4 Å². The minimum atomic E-state index is -0.630. The molecule has 8 nitrogen and oxygen atoms in total. The summed E-state index contributed by atoms with van der Waals surface area (Å²) in [4.78, 5) is 37.0. The lowest BCUT2D eigenvalue weighted by atomic mass is 9.90. The number of carbonyl (C=O) groups is 2. The van der Waals surface area contributed by atoms with Crippen LogP contribution in [-0.4, -0.2) is 81.8 Å². The van der Waals surface area contributed by atoms with E-state index in [4.69, 9.17) is 21.3 Å². The molecule has 3 aromatic carbocycles. The van der Waals surface area contributed by atoms with E-state index in [-0.39, 0.29) is 11.8 Å². The first-order chi connectivity index (χ1) is 18.7. The number of amides is 2. The van der Waals surface area contributed by atoms with Crippen LogP contribution in [0.15, 0.2) is 65.7 Å². The van der Waals surface area contributed by atoms with Gasteiger partial charge in [0.25, 0.3) is 5.91 Å². The number of hydrogen-bond donors (Lipinski definition) is 1. The highest BCUT2D eigenvalue weighted by Gasteiger charge is 2.36. The van der Waals surface area contributed by atoms with Gasteiger partial charge in [-0.1, -0.05) is 23.7 Å². The quantitative estimate of drug-likeness (QED) is 0.437. The Balaban J connectivity index is 1.52. The van der Waals surface area contributed by atoms with E-state index in [0.29, 0.717) is 40.8 Å². The van der Waals surface area contributed by atoms with Gasteiger partial charge in [0.05, 0.1) is 23.6 Å². The van der Waals surface area contributed by atoms with Gasteiger partial charge in [0, 0.05) is 49.0 Å². The fourth-order valence-corrected chi connectivity index (χ4v) is 4.98. The third-order valence-electron chi connectivity index (χ3n) is 7.06. The molecule has 1 atom stereocenters. The predicted octanol–water partition coefficient (Wildman–Crippen LogP) is 4.66. The number of fused-ring (bicyclic) bond motifs is 2. The van der Waals surface area contributed by atoms with Crippen molar-refractivity contribution in [2.45, 2.75) is 5.92 Å². The lowest BCUT2D eigenvalue weighted by Crippen LogP contribution is -2.33. The Morgan fingerprint density at radius 1 is 1.05 bits per heavy atom. The van der Waals surface area contributed by atoms with Gasteiger partial charge in [0.15, 0.2) is 0 Å². The molecule has 1 unspecified atom stereocenters. The number of hydrogen-bond acceptors (Lipinski definition) is 6. The molecule has 0 aromatic heterocycles. The summed E-state index contributed by atoms with van der Waals surface area (Å²) in [5, 5.41) is 3.50. The minimum absolute atomic E-state index is 0.0514. The van der Waals surface area contributed by atoms with Crippen LogP contribution in [0.25, 0.3) is 0 Å². The first kappa shape index (κ1) is 26.7. The van der Waals surface area contributed by atoms with Gasteiger partial charge in [-0.3, -0.25) is 14.6 Å². The Hall–Kier alpha value is -3.88. The fraction of sp³-hybridized carbons (Fsp3) is 0.300. The van der Waals surface area contributed by atoms with Gasteiger partial charge >= 0.3 is 0 Å². The number of rotatable bonds is 7. The second-order valence-corrected chi connectivity index (χ2v) is 10.6. The van der Waals surface area contributed by atoms with E-state index in [1.165, 1.54) is 0 Å². The standard InChI is InChI=1S/C30H32ClN5O3/c1-34(2)13-14-36(4)30(38)19-5-9-22(10-6-19)32-28(20-7-12-25-26(17-20)39-16-15-35(25)3)27-23-11-8-21(31)18-24(23)33-29(27)37/h5-12,17-18,27H,13-16H2,1-4H3,(H,33,37). The molecule has 0 radical (unpaired) electrons. The average Bonchev–Trinajstić information content (AvgIpc) is 3.24. The summed E-state index contributed by atoms with van der Waals surface area (Å²) >= 11 is 6.20. The maximum atomic E-state index is 13.3. The largest absolute Gasteiger partial charge is 0.490 e. The summed E-state index contributed by atoms with van der Waals surface area (Å²) in [7, 11) is 7.79. The van der Waals surface area contributed by atoms with Crippen molar-refractivity contribution < 1.29 is 14.3 Å². The molecule has 3 aromatic rings. The molecule has 2 heterocycles. The molecule has 202 valence electrons. The second-order valence-electron chi connectivity index (χ2n) is 10.2. The van der Waals surface area contributed by atoms with Crippen LogP contribution in [-0.2, 0) is 4.79 Å². The number of halogens is 1. The van der Waals surface area contributed by atoms with E-state index in [0.717, 1.165) is 35.7 Å².